The molecule has 2 aromatic heterocycles. The second-order valence-corrected chi connectivity index (χ2v) is 15.1. The van der Waals surface area contributed by atoms with Gasteiger partial charge in [0, 0.05) is 56.4 Å². The Hall–Kier alpha value is -4.98. The maximum atomic E-state index is 15.0. The Morgan fingerprint density at radius 2 is 0.885 bits per heavy atom. The van der Waals surface area contributed by atoms with Gasteiger partial charge in [0.25, 0.3) is 23.6 Å². The van der Waals surface area contributed by atoms with Gasteiger partial charge < -0.3 is 9.97 Å². The molecule has 2 aliphatic rings. The van der Waals surface area contributed by atoms with Crippen LogP contribution >= 0.6 is 0 Å². The van der Waals surface area contributed by atoms with Crippen LogP contribution in [0.15, 0.2) is 48.5 Å². The lowest BCUT2D eigenvalue weighted by Gasteiger charge is -2.35. The van der Waals surface area contributed by atoms with Crippen LogP contribution in [0, 0.1) is 11.8 Å². The molecule has 52 heavy (non-hydrogen) atoms. The number of amides is 4. The van der Waals surface area contributed by atoms with E-state index in [-0.39, 0.29) is 35.5 Å². The summed E-state index contributed by atoms with van der Waals surface area (Å²) in [6.07, 6.45) is 10.1. The van der Waals surface area contributed by atoms with Crippen LogP contribution in [0.25, 0.3) is 54.4 Å². The van der Waals surface area contributed by atoms with E-state index in [1.807, 2.05) is 48.5 Å². The number of imide groups is 2. The topological polar surface area (TPSA) is 106 Å². The van der Waals surface area contributed by atoms with Gasteiger partial charge in [-0.15, -0.1) is 0 Å². The number of hydrogen-bond acceptors (Lipinski definition) is 4. The molecule has 4 heterocycles. The van der Waals surface area contributed by atoms with Gasteiger partial charge in [-0.25, -0.2) is 0 Å². The highest BCUT2D eigenvalue weighted by Gasteiger charge is 2.45. The first kappa shape index (κ1) is 34.1. The number of H-pyrrole nitrogens is 2. The molecule has 2 N–H and O–H groups in total. The molecule has 2 atom stereocenters. The smallest absolute Gasteiger partial charge is 0.263 e. The Balaban J connectivity index is 1.46. The number of benzene rings is 4. The zero-order chi connectivity index (χ0) is 36.3. The van der Waals surface area contributed by atoms with Gasteiger partial charge in [0.05, 0.1) is 33.3 Å². The maximum absolute atomic E-state index is 15.0. The van der Waals surface area contributed by atoms with E-state index < -0.39 is 0 Å². The zero-order valence-corrected chi connectivity index (χ0v) is 30.8. The van der Waals surface area contributed by atoms with Crippen LogP contribution in [0.1, 0.15) is 133 Å². The largest absolute Gasteiger partial charge is 0.354 e. The molecule has 0 radical (unpaired) electrons. The van der Waals surface area contributed by atoms with Crippen LogP contribution < -0.4 is 0 Å². The third kappa shape index (κ3) is 5.08. The fraction of sp³-hybridized carbons (Fsp3) is 0.409. The van der Waals surface area contributed by atoms with Crippen molar-refractivity contribution < 1.29 is 19.2 Å². The summed E-state index contributed by atoms with van der Waals surface area (Å²) in [5.41, 5.74) is 4.22. The van der Waals surface area contributed by atoms with Crippen LogP contribution in [-0.4, -0.2) is 56.5 Å². The molecule has 8 rings (SSSR count). The predicted molar refractivity (Wildman–Crippen MR) is 209 cm³/mol. The van der Waals surface area contributed by atoms with Gasteiger partial charge in [-0.3, -0.25) is 29.0 Å². The molecule has 0 bridgehead atoms. The Morgan fingerprint density at radius 1 is 0.500 bits per heavy atom. The Morgan fingerprint density at radius 3 is 1.27 bits per heavy atom. The molecule has 2 aliphatic heterocycles. The fourth-order valence-corrected chi connectivity index (χ4v) is 9.07. The average molecular weight is 697 g/mol. The minimum Gasteiger partial charge on any atom is -0.354 e. The highest BCUT2D eigenvalue weighted by Crippen LogP contribution is 2.49. The number of para-hydroxylation sites is 2. The van der Waals surface area contributed by atoms with Crippen molar-refractivity contribution in [1.82, 2.24) is 19.8 Å². The van der Waals surface area contributed by atoms with Crippen LogP contribution in [0.4, 0.5) is 0 Å². The molecule has 8 heteroatoms. The van der Waals surface area contributed by atoms with Gasteiger partial charge in [0.2, 0.25) is 0 Å². The quantitative estimate of drug-likeness (QED) is 0.0873. The molecule has 0 aliphatic carbocycles. The number of hydrogen-bond donors (Lipinski definition) is 2. The van der Waals surface area contributed by atoms with Gasteiger partial charge in [-0.2, -0.15) is 0 Å². The second-order valence-electron chi connectivity index (χ2n) is 15.1. The molecule has 0 spiro atoms. The molecule has 0 fully saturated rings. The first-order chi connectivity index (χ1) is 25.3. The number of aromatic amines is 2. The lowest BCUT2D eigenvalue weighted by Crippen LogP contribution is -2.46. The van der Waals surface area contributed by atoms with Gasteiger partial charge in [0.15, 0.2) is 0 Å². The van der Waals surface area contributed by atoms with Gasteiger partial charge in [-0.1, -0.05) is 115 Å². The molecular formula is C44H48N4O4. The maximum Gasteiger partial charge on any atom is 0.263 e. The molecule has 2 unspecified atom stereocenters. The van der Waals surface area contributed by atoms with Crippen molar-refractivity contribution >= 4 is 78.0 Å². The van der Waals surface area contributed by atoms with Crippen molar-refractivity contribution in [2.75, 3.05) is 13.1 Å². The lowest BCUT2D eigenvalue weighted by atomic mass is 9.80. The summed E-state index contributed by atoms with van der Waals surface area (Å²) >= 11 is 0. The van der Waals surface area contributed by atoms with Gasteiger partial charge in [-0.05, 0) is 36.8 Å². The van der Waals surface area contributed by atoms with Crippen LogP contribution in [0.3, 0.4) is 0 Å². The van der Waals surface area contributed by atoms with E-state index in [0.29, 0.717) is 67.9 Å². The molecule has 8 nitrogen and oxygen atoms in total. The third-order valence-corrected chi connectivity index (χ3v) is 12.0. The van der Waals surface area contributed by atoms with Crippen molar-refractivity contribution in [3.8, 4) is 0 Å². The normalized spacial score (nSPS) is 15.8. The summed E-state index contributed by atoms with van der Waals surface area (Å²) in [5, 5.41) is 3.75. The molecule has 4 amide bonds. The predicted octanol–water partition coefficient (Wildman–Crippen LogP) is 10.5. The van der Waals surface area contributed by atoms with Gasteiger partial charge >= 0.3 is 0 Å². The fourth-order valence-electron chi connectivity index (χ4n) is 9.07. The number of carbonyl (C=O) groups is 4. The van der Waals surface area contributed by atoms with E-state index in [9.17, 15) is 9.59 Å². The van der Waals surface area contributed by atoms with Crippen molar-refractivity contribution in [3.63, 3.8) is 0 Å². The van der Waals surface area contributed by atoms with E-state index in [1.165, 1.54) is 9.80 Å². The van der Waals surface area contributed by atoms with Crippen LogP contribution in [0.5, 0.6) is 0 Å². The summed E-state index contributed by atoms with van der Waals surface area (Å²) in [6.45, 7) is 9.23. The monoisotopic (exact) mass is 696 g/mol. The lowest BCUT2D eigenvalue weighted by molar-refractivity contribution is 0.0562. The summed E-state index contributed by atoms with van der Waals surface area (Å²) in [7, 11) is 0. The second kappa shape index (κ2) is 13.5. The van der Waals surface area contributed by atoms with E-state index in [4.69, 9.17) is 0 Å². The average Bonchev–Trinajstić information content (AvgIpc) is 3.73. The summed E-state index contributed by atoms with van der Waals surface area (Å²) in [4.78, 5) is 70.0. The van der Waals surface area contributed by atoms with E-state index in [2.05, 4.69) is 37.7 Å². The Kier molecular flexibility index (Phi) is 8.88. The number of unbranched alkanes of at least 4 members (excludes halogenated alkanes) is 4. The minimum absolute atomic E-state index is 0.158. The van der Waals surface area contributed by atoms with Crippen LogP contribution in [-0.2, 0) is 0 Å². The third-order valence-electron chi connectivity index (χ3n) is 12.0. The number of rotatable bonds is 14. The van der Waals surface area contributed by atoms with E-state index in [1.54, 1.807) is 0 Å². The van der Waals surface area contributed by atoms with Crippen molar-refractivity contribution in [2.24, 2.45) is 11.8 Å². The molecule has 4 aromatic carbocycles. The number of nitrogens with zero attached hydrogens (tertiary/aromatic N) is 2. The molecular weight excluding hydrogens is 649 g/mol. The Bertz CT molecular complexity index is 2260. The van der Waals surface area contributed by atoms with Crippen LogP contribution in [0.2, 0.25) is 0 Å². The highest BCUT2D eigenvalue weighted by atomic mass is 16.2. The standard InChI is InChI=1S/C44H48N4O4/c1-5-9-11-17-25(7-3)23-47-41(49)35-31-27-19-13-15-21-29(27)46-40(31)38-34-33(35)37(43(47)51)39-32(28-20-14-16-22-30(28)45-39)36(34)42(50)48(44(38)52)24-26(8-4)18-12-10-6-2/h13-16,19-22,25-26,45-46H,5-12,17-18,23-24H2,1-4H3. The summed E-state index contributed by atoms with van der Waals surface area (Å²) in [5.74, 6) is -1.15. The Labute approximate surface area is 303 Å². The number of carbonyl (C=O) groups excluding carboxylic acids is 4. The van der Waals surface area contributed by atoms with E-state index in [0.717, 1.165) is 86.0 Å². The molecule has 6 aromatic rings. The first-order valence-corrected chi connectivity index (χ1v) is 19.5. The first-order valence-electron chi connectivity index (χ1n) is 19.5. The molecule has 268 valence electrons. The van der Waals surface area contributed by atoms with Crippen molar-refractivity contribution in [1.29, 1.82) is 0 Å². The zero-order valence-electron chi connectivity index (χ0n) is 30.8. The minimum atomic E-state index is -0.371. The SMILES string of the molecule is CCCCCC(CC)CN1C(=O)c2c3[nH]c4ccccc4c3c3c4c(c5[nH]c6ccccc6c5c(c24)C1=O)C(=O)N(CC(CC)CCCCC)C3=O. The highest BCUT2D eigenvalue weighted by molar-refractivity contribution is 6.45. The van der Waals surface area contributed by atoms with Crippen molar-refractivity contribution in [3.05, 3.63) is 70.8 Å². The van der Waals surface area contributed by atoms with E-state index >= 15 is 9.59 Å². The van der Waals surface area contributed by atoms with Gasteiger partial charge in [0.1, 0.15) is 0 Å². The molecule has 0 saturated heterocycles. The summed E-state index contributed by atoms with van der Waals surface area (Å²) < 4.78 is 0. The number of aromatic nitrogens is 2. The number of fused-ring (bicyclic) bond motifs is 10. The molecule has 0 saturated carbocycles. The summed E-state index contributed by atoms with van der Waals surface area (Å²) in [6, 6.07) is 15.6. The van der Waals surface area contributed by atoms with Crippen molar-refractivity contribution in [2.45, 2.75) is 91.9 Å². The number of nitrogens with one attached hydrogen (secondary N) is 2.